The first-order valence-corrected chi connectivity index (χ1v) is 8.76. The van der Waals surface area contributed by atoms with E-state index in [9.17, 15) is 18.5 Å². The average Bonchev–Trinajstić information content (AvgIpc) is 2.55. The second-order valence-electron chi connectivity index (χ2n) is 5.51. The molecule has 24 heavy (non-hydrogen) atoms. The van der Waals surface area contributed by atoms with Crippen LogP contribution in [0.15, 0.2) is 47.4 Å². The second-order valence-corrected chi connectivity index (χ2v) is 7.25. The van der Waals surface area contributed by atoms with Crippen molar-refractivity contribution in [1.82, 2.24) is 4.72 Å². The number of benzene rings is 2. The number of hydrogen-bond donors (Lipinski definition) is 2. The summed E-state index contributed by atoms with van der Waals surface area (Å²) < 4.78 is 27.5. The van der Waals surface area contributed by atoms with Gasteiger partial charge in [0.05, 0.1) is 9.82 Å². The molecule has 8 heteroatoms. The van der Waals surface area contributed by atoms with Crippen LogP contribution in [-0.2, 0) is 10.0 Å². The molecule has 0 radical (unpaired) electrons. The van der Waals surface area contributed by atoms with Gasteiger partial charge in [0, 0.05) is 24.7 Å². The van der Waals surface area contributed by atoms with E-state index < -0.39 is 21.0 Å². The number of nitrogens with zero attached hydrogens (tertiary/aromatic N) is 1. The standard InChI is InChI=1S/C16H19N3O4S/c1-11-8-14(19(20)21)9-16(12(11)2)24(22,23)18-10-15(17)13-6-4-3-5-7-13/h3-9,15,18H,10,17H2,1-2H3. The first-order chi connectivity index (χ1) is 11.2. The number of nitrogens with one attached hydrogen (secondary N) is 1. The van der Waals surface area contributed by atoms with Gasteiger partial charge in [0.2, 0.25) is 10.0 Å². The molecule has 0 fully saturated rings. The number of aryl methyl sites for hydroxylation is 1. The number of hydrogen-bond acceptors (Lipinski definition) is 5. The molecule has 0 amide bonds. The van der Waals surface area contributed by atoms with Gasteiger partial charge >= 0.3 is 0 Å². The number of nitro benzene ring substituents is 1. The Bertz CT molecular complexity index is 851. The van der Waals surface area contributed by atoms with E-state index in [2.05, 4.69) is 4.72 Å². The monoisotopic (exact) mass is 349 g/mol. The normalized spacial score (nSPS) is 12.8. The van der Waals surface area contributed by atoms with Gasteiger partial charge in [-0.3, -0.25) is 10.1 Å². The maximum atomic E-state index is 12.5. The molecule has 0 bridgehead atoms. The van der Waals surface area contributed by atoms with Gasteiger partial charge in [-0.25, -0.2) is 13.1 Å². The third-order valence-electron chi connectivity index (χ3n) is 3.83. The number of non-ortho nitro benzene ring substituents is 1. The fourth-order valence-corrected chi connectivity index (χ4v) is 3.68. The highest BCUT2D eigenvalue weighted by atomic mass is 32.2. The molecule has 0 heterocycles. The van der Waals surface area contributed by atoms with Gasteiger partial charge < -0.3 is 5.73 Å². The fraction of sp³-hybridized carbons (Fsp3) is 0.250. The van der Waals surface area contributed by atoms with E-state index >= 15 is 0 Å². The van der Waals surface area contributed by atoms with Crippen LogP contribution in [0.2, 0.25) is 0 Å². The maximum Gasteiger partial charge on any atom is 0.271 e. The fourth-order valence-electron chi connectivity index (χ4n) is 2.29. The molecule has 128 valence electrons. The molecule has 0 aliphatic heterocycles. The van der Waals surface area contributed by atoms with Gasteiger partial charge in [-0.05, 0) is 30.5 Å². The summed E-state index contributed by atoms with van der Waals surface area (Å²) in [5.74, 6) is 0. The summed E-state index contributed by atoms with van der Waals surface area (Å²) in [6.07, 6.45) is 0. The Kier molecular flexibility index (Phi) is 5.33. The van der Waals surface area contributed by atoms with Crippen LogP contribution in [0.4, 0.5) is 5.69 Å². The summed E-state index contributed by atoms with van der Waals surface area (Å²) >= 11 is 0. The van der Waals surface area contributed by atoms with Crippen LogP contribution in [-0.4, -0.2) is 19.9 Å². The number of sulfonamides is 1. The van der Waals surface area contributed by atoms with Crippen molar-refractivity contribution in [3.05, 3.63) is 69.3 Å². The molecule has 0 aliphatic rings. The lowest BCUT2D eigenvalue weighted by Gasteiger charge is -2.15. The van der Waals surface area contributed by atoms with Crippen LogP contribution in [0, 0.1) is 24.0 Å². The lowest BCUT2D eigenvalue weighted by atomic mass is 10.1. The quantitative estimate of drug-likeness (QED) is 0.612. The molecule has 0 aliphatic carbocycles. The van der Waals surface area contributed by atoms with Crippen molar-refractivity contribution >= 4 is 15.7 Å². The largest absolute Gasteiger partial charge is 0.323 e. The number of nitrogens with two attached hydrogens (primary N) is 1. The van der Waals surface area contributed by atoms with Crippen molar-refractivity contribution in [2.45, 2.75) is 24.8 Å². The van der Waals surface area contributed by atoms with E-state index in [1.807, 2.05) is 30.3 Å². The minimum Gasteiger partial charge on any atom is -0.323 e. The summed E-state index contributed by atoms with van der Waals surface area (Å²) in [7, 11) is -3.91. The molecular weight excluding hydrogens is 330 g/mol. The van der Waals surface area contributed by atoms with E-state index in [1.54, 1.807) is 13.8 Å². The van der Waals surface area contributed by atoms with E-state index in [-0.39, 0.29) is 17.1 Å². The van der Waals surface area contributed by atoms with Crippen LogP contribution in [0.5, 0.6) is 0 Å². The summed E-state index contributed by atoms with van der Waals surface area (Å²) in [5.41, 5.74) is 7.54. The van der Waals surface area contributed by atoms with Crippen LogP contribution in [0.25, 0.3) is 0 Å². The maximum absolute atomic E-state index is 12.5. The summed E-state index contributed by atoms with van der Waals surface area (Å²) in [6.45, 7) is 3.25. The topological polar surface area (TPSA) is 115 Å². The molecule has 3 N–H and O–H groups in total. The third kappa shape index (κ3) is 3.97. The van der Waals surface area contributed by atoms with Gasteiger partial charge in [-0.2, -0.15) is 0 Å². The van der Waals surface area contributed by atoms with Crippen LogP contribution in [0.1, 0.15) is 22.7 Å². The van der Waals surface area contributed by atoms with Crippen LogP contribution >= 0.6 is 0 Å². The van der Waals surface area contributed by atoms with Crippen molar-refractivity contribution in [3.8, 4) is 0 Å². The van der Waals surface area contributed by atoms with Crippen molar-refractivity contribution < 1.29 is 13.3 Å². The van der Waals surface area contributed by atoms with Gasteiger partial charge in [0.15, 0.2) is 0 Å². The number of rotatable bonds is 6. The Labute approximate surface area is 140 Å². The zero-order chi connectivity index (χ0) is 17.9. The van der Waals surface area contributed by atoms with E-state index in [1.165, 1.54) is 6.07 Å². The van der Waals surface area contributed by atoms with Crippen LogP contribution < -0.4 is 10.5 Å². The van der Waals surface area contributed by atoms with Gasteiger partial charge in [-0.15, -0.1) is 0 Å². The van der Waals surface area contributed by atoms with E-state index in [0.29, 0.717) is 11.1 Å². The van der Waals surface area contributed by atoms with E-state index in [0.717, 1.165) is 11.6 Å². The van der Waals surface area contributed by atoms with Crippen molar-refractivity contribution in [3.63, 3.8) is 0 Å². The molecule has 0 saturated carbocycles. The third-order valence-corrected chi connectivity index (χ3v) is 5.38. The molecule has 1 unspecified atom stereocenters. The smallest absolute Gasteiger partial charge is 0.271 e. The van der Waals surface area contributed by atoms with Crippen molar-refractivity contribution in [2.75, 3.05) is 6.54 Å². The Morgan fingerprint density at radius 1 is 1.21 bits per heavy atom. The van der Waals surface area contributed by atoms with Gasteiger partial charge in [0.1, 0.15) is 0 Å². The Morgan fingerprint density at radius 3 is 2.42 bits per heavy atom. The van der Waals surface area contributed by atoms with Crippen LogP contribution in [0.3, 0.4) is 0 Å². The van der Waals surface area contributed by atoms with Gasteiger partial charge in [0.25, 0.3) is 5.69 Å². The highest BCUT2D eigenvalue weighted by Gasteiger charge is 2.23. The Hall–Kier alpha value is -2.29. The first kappa shape index (κ1) is 18.1. The minimum atomic E-state index is -3.91. The highest BCUT2D eigenvalue weighted by Crippen LogP contribution is 2.25. The lowest BCUT2D eigenvalue weighted by molar-refractivity contribution is -0.385. The predicted molar refractivity (Wildman–Crippen MR) is 91.1 cm³/mol. The summed E-state index contributed by atoms with van der Waals surface area (Å²) in [5, 5.41) is 11.0. The molecule has 0 aromatic heterocycles. The van der Waals surface area contributed by atoms with Crippen molar-refractivity contribution in [2.24, 2.45) is 5.73 Å². The predicted octanol–water partition coefficient (Wildman–Crippen LogP) is 2.19. The molecule has 1 atom stereocenters. The molecule has 7 nitrogen and oxygen atoms in total. The lowest BCUT2D eigenvalue weighted by Crippen LogP contribution is -2.32. The zero-order valence-electron chi connectivity index (χ0n) is 13.4. The molecule has 2 aromatic rings. The van der Waals surface area contributed by atoms with E-state index in [4.69, 9.17) is 5.73 Å². The molecule has 0 saturated heterocycles. The number of nitro groups is 1. The molecule has 0 spiro atoms. The minimum absolute atomic E-state index is 0.00642. The second kappa shape index (κ2) is 7.08. The summed E-state index contributed by atoms with van der Waals surface area (Å²) in [6, 6.07) is 11.0. The van der Waals surface area contributed by atoms with Gasteiger partial charge in [-0.1, -0.05) is 30.3 Å². The first-order valence-electron chi connectivity index (χ1n) is 7.28. The SMILES string of the molecule is Cc1cc([N+](=O)[O-])cc(S(=O)(=O)NCC(N)c2ccccc2)c1C. The highest BCUT2D eigenvalue weighted by molar-refractivity contribution is 7.89. The average molecular weight is 349 g/mol. The zero-order valence-corrected chi connectivity index (χ0v) is 14.2. The van der Waals surface area contributed by atoms with Crippen molar-refractivity contribution in [1.29, 1.82) is 0 Å². The molecular formula is C16H19N3O4S. The molecule has 2 aromatic carbocycles. The molecule has 2 rings (SSSR count). The Morgan fingerprint density at radius 2 is 1.83 bits per heavy atom. The Balaban J connectivity index is 2.26. The summed E-state index contributed by atoms with van der Waals surface area (Å²) in [4.78, 5) is 10.3.